The summed E-state index contributed by atoms with van der Waals surface area (Å²) in [7, 11) is -3.82. The molecule has 6 heteroatoms. The maximum absolute atomic E-state index is 13.2. The first-order chi connectivity index (χ1) is 14.4. The molecule has 1 amide bonds. The van der Waals surface area contributed by atoms with Crippen LogP contribution in [0.5, 0.6) is 0 Å². The topological polar surface area (TPSA) is 63.2 Å². The second-order valence-corrected chi connectivity index (χ2v) is 9.32. The second kappa shape index (κ2) is 9.67. The van der Waals surface area contributed by atoms with Crippen molar-refractivity contribution >= 4 is 15.7 Å². The molecule has 156 valence electrons. The van der Waals surface area contributed by atoms with E-state index in [1.54, 1.807) is 30.3 Å². The maximum atomic E-state index is 13.2. The molecule has 0 aliphatic carbocycles. The lowest BCUT2D eigenvalue weighted by atomic mass is 10.1. The Kier molecular flexibility index (Phi) is 7.00. The fraction of sp³-hybridized carbons (Fsp3) is 0.208. The summed E-state index contributed by atoms with van der Waals surface area (Å²) in [5.74, 6) is -0.722. The molecule has 3 aromatic carbocycles. The highest BCUT2D eigenvalue weighted by molar-refractivity contribution is 7.91. The first-order valence-corrected chi connectivity index (χ1v) is 11.3. The molecule has 0 aliphatic heterocycles. The standard InChI is InChI=1S/C24H24FNO3S/c1-18-7-9-19(10-8-18)11-16-24(27)26-17-23(20-5-3-2-4-6-20)30(28,29)22-14-12-21(25)13-15-22/h2-10,12-15,23H,11,16-17H2,1H3,(H,26,27). The Morgan fingerprint density at radius 3 is 2.20 bits per heavy atom. The van der Waals surface area contributed by atoms with Crippen LogP contribution < -0.4 is 5.32 Å². The number of benzene rings is 3. The van der Waals surface area contributed by atoms with Crippen LogP contribution in [-0.2, 0) is 21.1 Å². The third kappa shape index (κ3) is 5.54. The van der Waals surface area contributed by atoms with Crippen LogP contribution in [0.15, 0.2) is 83.8 Å². The van der Waals surface area contributed by atoms with E-state index in [1.165, 1.54) is 12.1 Å². The summed E-state index contributed by atoms with van der Waals surface area (Å²) in [5, 5.41) is 1.79. The van der Waals surface area contributed by atoms with Crippen LogP contribution >= 0.6 is 0 Å². The molecule has 3 rings (SSSR count). The number of carbonyl (C=O) groups is 1. The van der Waals surface area contributed by atoms with Gasteiger partial charge in [-0.2, -0.15) is 0 Å². The number of hydrogen-bond acceptors (Lipinski definition) is 3. The lowest BCUT2D eigenvalue weighted by Gasteiger charge is -2.19. The molecule has 0 aliphatic rings. The lowest BCUT2D eigenvalue weighted by molar-refractivity contribution is -0.121. The average molecular weight is 426 g/mol. The number of nitrogens with one attached hydrogen (secondary N) is 1. The van der Waals surface area contributed by atoms with E-state index in [0.29, 0.717) is 12.0 Å². The highest BCUT2D eigenvalue weighted by atomic mass is 32.2. The van der Waals surface area contributed by atoms with Crippen LogP contribution in [-0.4, -0.2) is 20.9 Å². The summed E-state index contributed by atoms with van der Waals surface area (Å²) in [5.41, 5.74) is 2.77. The molecule has 4 nitrogen and oxygen atoms in total. The minimum atomic E-state index is -3.82. The van der Waals surface area contributed by atoms with Crippen LogP contribution in [0.1, 0.15) is 28.4 Å². The van der Waals surface area contributed by atoms with Gasteiger partial charge in [0.1, 0.15) is 11.1 Å². The van der Waals surface area contributed by atoms with Gasteiger partial charge in [-0.25, -0.2) is 12.8 Å². The molecule has 1 unspecified atom stereocenters. The molecule has 0 bridgehead atoms. The predicted octanol–water partition coefficient (Wildman–Crippen LogP) is 4.40. The molecule has 0 saturated heterocycles. The van der Waals surface area contributed by atoms with E-state index < -0.39 is 20.9 Å². The first-order valence-electron chi connectivity index (χ1n) is 9.73. The molecule has 0 radical (unpaired) electrons. The summed E-state index contributed by atoms with van der Waals surface area (Å²) in [6.45, 7) is 1.94. The molecule has 0 spiro atoms. The zero-order chi connectivity index (χ0) is 21.6. The molecule has 1 N–H and O–H groups in total. The van der Waals surface area contributed by atoms with E-state index in [9.17, 15) is 17.6 Å². The number of aryl methyl sites for hydroxylation is 2. The number of sulfone groups is 1. The van der Waals surface area contributed by atoms with Crippen molar-refractivity contribution in [3.63, 3.8) is 0 Å². The Morgan fingerprint density at radius 1 is 0.933 bits per heavy atom. The fourth-order valence-corrected chi connectivity index (χ4v) is 4.83. The van der Waals surface area contributed by atoms with Crippen LogP contribution in [0.25, 0.3) is 0 Å². The monoisotopic (exact) mass is 425 g/mol. The second-order valence-electron chi connectivity index (χ2n) is 7.19. The van der Waals surface area contributed by atoms with E-state index in [4.69, 9.17) is 0 Å². The van der Waals surface area contributed by atoms with E-state index in [2.05, 4.69) is 5.32 Å². The zero-order valence-corrected chi connectivity index (χ0v) is 17.5. The van der Waals surface area contributed by atoms with E-state index >= 15 is 0 Å². The van der Waals surface area contributed by atoms with Gasteiger partial charge in [0.15, 0.2) is 9.84 Å². The Hall–Kier alpha value is -2.99. The SMILES string of the molecule is Cc1ccc(CCC(=O)NCC(c2ccccc2)S(=O)(=O)c2ccc(F)cc2)cc1. The van der Waals surface area contributed by atoms with Gasteiger partial charge in [0, 0.05) is 13.0 Å². The maximum Gasteiger partial charge on any atom is 0.220 e. The van der Waals surface area contributed by atoms with Gasteiger partial charge < -0.3 is 5.32 Å². The van der Waals surface area contributed by atoms with Crippen molar-refractivity contribution < 1.29 is 17.6 Å². The number of hydrogen-bond donors (Lipinski definition) is 1. The summed E-state index contributed by atoms with van der Waals surface area (Å²) in [6.07, 6.45) is 0.841. The van der Waals surface area contributed by atoms with Crippen molar-refractivity contribution in [3.05, 3.63) is 101 Å². The van der Waals surface area contributed by atoms with Crippen LogP contribution in [0.2, 0.25) is 0 Å². The van der Waals surface area contributed by atoms with Gasteiger partial charge in [0.2, 0.25) is 5.91 Å². The van der Waals surface area contributed by atoms with Crippen molar-refractivity contribution in [2.45, 2.75) is 29.9 Å². The molecule has 0 saturated carbocycles. The molecule has 3 aromatic rings. The Balaban J connectivity index is 1.72. The first kappa shape index (κ1) is 21.7. The van der Waals surface area contributed by atoms with Crippen LogP contribution in [0, 0.1) is 12.7 Å². The summed E-state index contributed by atoms with van der Waals surface area (Å²) in [6, 6.07) is 21.4. The van der Waals surface area contributed by atoms with Crippen molar-refractivity contribution in [1.82, 2.24) is 5.32 Å². The summed E-state index contributed by atoms with van der Waals surface area (Å²) >= 11 is 0. The quantitative estimate of drug-likeness (QED) is 0.544. The highest BCUT2D eigenvalue weighted by Gasteiger charge is 2.29. The minimum Gasteiger partial charge on any atom is -0.354 e. The van der Waals surface area contributed by atoms with E-state index in [-0.39, 0.29) is 23.8 Å². The van der Waals surface area contributed by atoms with Gasteiger partial charge in [0.25, 0.3) is 0 Å². The lowest BCUT2D eigenvalue weighted by Crippen LogP contribution is -2.32. The smallest absolute Gasteiger partial charge is 0.220 e. The largest absolute Gasteiger partial charge is 0.354 e. The number of halogens is 1. The third-order valence-corrected chi connectivity index (χ3v) is 7.05. The highest BCUT2D eigenvalue weighted by Crippen LogP contribution is 2.28. The van der Waals surface area contributed by atoms with E-state index in [0.717, 1.165) is 23.3 Å². The van der Waals surface area contributed by atoms with Gasteiger partial charge in [-0.3, -0.25) is 4.79 Å². The average Bonchev–Trinajstić information content (AvgIpc) is 2.74. The van der Waals surface area contributed by atoms with E-state index in [1.807, 2.05) is 31.2 Å². The third-order valence-electron chi connectivity index (χ3n) is 4.93. The number of amides is 1. The molecule has 0 fully saturated rings. The molecular weight excluding hydrogens is 401 g/mol. The fourth-order valence-electron chi connectivity index (χ4n) is 3.17. The van der Waals surface area contributed by atoms with Crippen LogP contribution in [0.4, 0.5) is 4.39 Å². The minimum absolute atomic E-state index is 0.0201. The summed E-state index contributed by atoms with van der Waals surface area (Å²) in [4.78, 5) is 12.4. The van der Waals surface area contributed by atoms with Gasteiger partial charge >= 0.3 is 0 Å². The zero-order valence-electron chi connectivity index (χ0n) is 16.7. The van der Waals surface area contributed by atoms with Gasteiger partial charge in [-0.05, 0) is 48.7 Å². The Morgan fingerprint density at radius 2 is 1.57 bits per heavy atom. The van der Waals surface area contributed by atoms with Crippen molar-refractivity contribution in [2.75, 3.05) is 6.54 Å². The molecule has 0 aromatic heterocycles. The van der Waals surface area contributed by atoms with Crippen molar-refractivity contribution in [1.29, 1.82) is 0 Å². The van der Waals surface area contributed by atoms with Crippen molar-refractivity contribution in [3.8, 4) is 0 Å². The number of carbonyl (C=O) groups excluding carboxylic acids is 1. The number of rotatable bonds is 8. The predicted molar refractivity (Wildman–Crippen MR) is 115 cm³/mol. The molecule has 1 atom stereocenters. The normalized spacial score (nSPS) is 12.3. The molecule has 30 heavy (non-hydrogen) atoms. The van der Waals surface area contributed by atoms with Gasteiger partial charge in [-0.15, -0.1) is 0 Å². The van der Waals surface area contributed by atoms with Crippen molar-refractivity contribution in [2.24, 2.45) is 0 Å². The van der Waals surface area contributed by atoms with Crippen LogP contribution in [0.3, 0.4) is 0 Å². The Bertz CT molecular complexity index is 1080. The Labute approximate surface area is 176 Å². The molecule has 0 heterocycles. The van der Waals surface area contributed by atoms with Gasteiger partial charge in [0.05, 0.1) is 4.90 Å². The summed E-state index contributed by atoms with van der Waals surface area (Å²) < 4.78 is 39.6. The van der Waals surface area contributed by atoms with Gasteiger partial charge in [-0.1, -0.05) is 60.2 Å². The molecular formula is C24H24FNO3S.